The molecule has 0 radical (unpaired) electrons. The van der Waals surface area contributed by atoms with E-state index in [1.807, 2.05) is 6.92 Å². The van der Waals surface area contributed by atoms with Crippen molar-refractivity contribution in [2.45, 2.75) is 40.0 Å². The minimum Gasteiger partial charge on any atom is -0.300 e. The van der Waals surface area contributed by atoms with Crippen LogP contribution in [-0.2, 0) is 4.79 Å². The van der Waals surface area contributed by atoms with E-state index in [4.69, 9.17) is 0 Å². The molecular formula is C10H18O. The molecule has 0 saturated heterocycles. The number of carbonyl (C=O) groups excluding carboxylic acids is 1. The first kappa shape index (κ1) is 10.4. The molecule has 0 rings (SSSR count). The van der Waals surface area contributed by atoms with Crippen LogP contribution in [0.4, 0.5) is 0 Å². The number of rotatable bonds is 5. The molecule has 0 heterocycles. The smallest absolute Gasteiger partial charge is 0.130 e. The zero-order chi connectivity index (χ0) is 8.85. The molecule has 0 N–H and O–H groups in total. The number of Topliss-reactive ketones (excluding diaryl/α,β-unsaturated/α-hetero) is 1. The molecule has 0 amide bonds. The SMILES string of the molecule is C=C(C)CC(CC)CC(C)=O. The Labute approximate surface area is 69.5 Å². The van der Waals surface area contributed by atoms with Gasteiger partial charge >= 0.3 is 0 Å². The van der Waals surface area contributed by atoms with Gasteiger partial charge in [0.2, 0.25) is 0 Å². The second-order valence-corrected chi connectivity index (χ2v) is 3.34. The highest BCUT2D eigenvalue weighted by atomic mass is 16.1. The van der Waals surface area contributed by atoms with Crippen LogP contribution in [0.1, 0.15) is 40.0 Å². The van der Waals surface area contributed by atoms with Crippen molar-refractivity contribution in [2.75, 3.05) is 0 Å². The monoisotopic (exact) mass is 154 g/mol. The molecule has 1 unspecified atom stereocenters. The molecule has 1 atom stereocenters. The Kier molecular flexibility index (Phi) is 4.84. The predicted octanol–water partition coefficient (Wildman–Crippen LogP) is 2.96. The van der Waals surface area contributed by atoms with Gasteiger partial charge in [0.05, 0.1) is 0 Å². The maximum absolute atomic E-state index is 10.8. The largest absolute Gasteiger partial charge is 0.300 e. The maximum Gasteiger partial charge on any atom is 0.130 e. The van der Waals surface area contributed by atoms with Crippen LogP contribution in [0.5, 0.6) is 0 Å². The fourth-order valence-corrected chi connectivity index (χ4v) is 1.26. The summed E-state index contributed by atoms with van der Waals surface area (Å²) in [5, 5.41) is 0. The molecule has 0 aromatic heterocycles. The molecule has 0 aliphatic carbocycles. The van der Waals surface area contributed by atoms with Crippen molar-refractivity contribution in [2.24, 2.45) is 5.92 Å². The van der Waals surface area contributed by atoms with Gasteiger partial charge in [0.1, 0.15) is 5.78 Å². The summed E-state index contributed by atoms with van der Waals surface area (Å²) in [5.41, 5.74) is 1.18. The predicted molar refractivity (Wildman–Crippen MR) is 48.5 cm³/mol. The fourth-order valence-electron chi connectivity index (χ4n) is 1.26. The molecule has 0 aromatic carbocycles. The lowest BCUT2D eigenvalue weighted by Gasteiger charge is -2.11. The van der Waals surface area contributed by atoms with Gasteiger partial charge in [-0.05, 0) is 26.2 Å². The van der Waals surface area contributed by atoms with Crippen molar-refractivity contribution >= 4 is 5.78 Å². The Morgan fingerprint density at radius 1 is 1.36 bits per heavy atom. The molecule has 0 aliphatic rings. The first-order chi connectivity index (χ1) is 5.06. The Balaban J connectivity index is 3.76. The third kappa shape index (κ3) is 5.84. The number of hydrogen-bond donors (Lipinski definition) is 0. The molecule has 0 aliphatic heterocycles. The first-order valence-electron chi connectivity index (χ1n) is 4.20. The van der Waals surface area contributed by atoms with Gasteiger partial charge in [0, 0.05) is 6.42 Å². The van der Waals surface area contributed by atoms with Gasteiger partial charge in [-0.2, -0.15) is 0 Å². The second-order valence-electron chi connectivity index (χ2n) is 3.34. The van der Waals surface area contributed by atoms with E-state index in [0.29, 0.717) is 12.3 Å². The molecule has 11 heavy (non-hydrogen) atoms. The summed E-state index contributed by atoms with van der Waals surface area (Å²) >= 11 is 0. The number of allylic oxidation sites excluding steroid dienone is 1. The number of hydrogen-bond acceptors (Lipinski definition) is 1. The van der Waals surface area contributed by atoms with Gasteiger partial charge in [-0.15, -0.1) is 6.58 Å². The molecule has 0 aromatic rings. The summed E-state index contributed by atoms with van der Waals surface area (Å²) < 4.78 is 0. The van der Waals surface area contributed by atoms with E-state index in [-0.39, 0.29) is 5.78 Å². The molecule has 1 nitrogen and oxygen atoms in total. The lowest BCUT2D eigenvalue weighted by molar-refractivity contribution is -0.117. The lowest BCUT2D eigenvalue weighted by Crippen LogP contribution is -2.04. The van der Waals surface area contributed by atoms with E-state index in [2.05, 4.69) is 13.5 Å². The van der Waals surface area contributed by atoms with Crippen LogP contribution < -0.4 is 0 Å². The molecule has 0 spiro atoms. The molecule has 64 valence electrons. The van der Waals surface area contributed by atoms with Crippen LogP contribution >= 0.6 is 0 Å². The van der Waals surface area contributed by atoms with Crippen LogP contribution in [0.2, 0.25) is 0 Å². The topological polar surface area (TPSA) is 17.1 Å². The Morgan fingerprint density at radius 2 is 1.91 bits per heavy atom. The van der Waals surface area contributed by atoms with E-state index in [0.717, 1.165) is 12.8 Å². The maximum atomic E-state index is 10.8. The minimum absolute atomic E-state index is 0.290. The highest BCUT2D eigenvalue weighted by Crippen LogP contribution is 2.17. The van der Waals surface area contributed by atoms with Gasteiger partial charge in [0.25, 0.3) is 0 Å². The third-order valence-corrected chi connectivity index (χ3v) is 1.79. The van der Waals surface area contributed by atoms with E-state index in [1.54, 1.807) is 6.92 Å². The van der Waals surface area contributed by atoms with Crippen molar-refractivity contribution < 1.29 is 4.79 Å². The fraction of sp³-hybridized carbons (Fsp3) is 0.700. The van der Waals surface area contributed by atoms with E-state index < -0.39 is 0 Å². The molecule has 0 fully saturated rings. The Bertz CT molecular complexity index is 131. The van der Waals surface area contributed by atoms with E-state index in [9.17, 15) is 4.79 Å². The summed E-state index contributed by atoms with van der Waals surface area (Å²) in [6, 6.07) is 0. The summed E-state index contributed by atoms with van der Waals surface area (Å²) in [4.78, 5) is 10.8. The van der Waals surface area contributed by atoms with Crippen LogP contribution in [0, 0.1) is 5.92 Å². The molecule has 0 bridgehead atoms. The van der Waals surface area contributed by atoms with E-state index >= 15 is 0 Å². The van der Waals surface area contributed by atoms with Crippen LogP contribution in [0.3, 0.4) is 0 Å². The average Bonchev–Trinajstić information content (AvgIpc) is 1.84. The highest BCUT2D eigenvalue weighted by molar-refractivity contribution is 5.75. The highest BCUT2D eigenvalue weighted by Gasteiger charge is 2.08. The Morgan fingerprint density at radius 3 is 2.18 bits per heavy atom. The number of ketones is 1. The summed E-state index contributed by atoms with van der Waals surface area (Å²) in [6.45, 7) is 9.63. The van der Waals surface area contributed by atoms with Gasteiger partial charge in [-0.25, -0.2) is 0 Å². The third-order valence-electron chi connectivity index (χ3n) is 1.79. The van der Waals surface area contributed by atoms with Crippen LogP contribution in [0.15, 0.2) is 12.2 Å². The van der Waals surface area contributed by atoms with Crippen molar-refractivity contribution in [1.82, 2.24) is 0 Å². The van der Waals surface area contributed by atoms with Gasteiger partial charge in [-0.1, -0.05) is 18.9 Å². The zero-order valence-electron chi connectivity index (χ0n) is 7.81. The molecular weight excluding hydrogens is 136 g/mol. The summed E-state index contributed by atoms with van der Waals surface area (Å²) in [7, 11) is 0. The van der Waals surface area contributed by atoms with Crippen LogP contribution in [0.25, 0.3) is 0 Å². The summed E-state index contributed by atoms with van der Waals surface area (Å²) in [5.74, 6) is 0.808. The average molecular weight is 154 g/mol. The minimum atomic E-state index is 0.290. The Hall–Kier alpha value is -0.590. The zero-order valence-corrected chi connectivity index (χ0v) is 7.81. The quantitative estimate of drug-likeness (QED) is 0.556. The standard InChI is InChI=1S/C10H18O/c1-5-10(6-8(2)3)7-9(4)11/h10H,2,5-7H2,1,3-4H3. The van der Waals surface area contributed by atoms with Crippen molar-refractivity contribution in [3.05, 3.63) is 12.2 Å². The molecule has 1 heteroatoms. The molecule has 0 saturated carbocycles. The van der Waals surface area contributed by atoms with Crippen LogP contribution in [-0.4, -0.2) is 5.78 Å². The summed E-state index contributed by atoms with van der Waals surface area (Å²) in [6.07, 6.45) is 2.78. The van der Waals surface area contributed by atoms with Crippen molar-refractivity contribution in [1.29, 1.82) is 0 Å². The van der Waals surface area contributed by atoms with Gasteiger partial charge in [0.15, 0.2) is 0 Å². The first-order valence-corrected chi connectivity index (χ1v) is 4.20. The lowest BCUT2D eigenvalue weighted by atomic mass is 9.93. The van der Waals surface area contributed by atoms with Crippen molar-refractivity contribution in [3.8, 4) is 0 Å². The second kappa shape index (κ2) is 5.11. The number of carbonyl (C=O) groups is 1. The van der Waals surface area contributed by atoms with Crippen molar-refractivity contribution in [3.63, 3.8) is 0 Å². The van der Waals surface area contributed by atoms with E-state index in [1.165, 1.54) is 5.57 Å². The van der Waals surface area contributed by atoms with Gasteiger partial charge < -0.3 is 4.79 Å². The normalized spacial score (nSPS) is 12.6. The van der Waals surface area contributed by atoms with Gasteiger partial charge in [-0.3, -0.25) is 0 Å².